The summed E-state index contributed by atoms with van der Waals surface area (Å²) in [5.41, 5.74) is 1.65. The maximum absolute atomic E-state index is 12.4. The van der Waals surface area contributed by atoms with Gasteiger partial charge in [-0.15, -0.1) is 0 Å². The van der Waals surface area contributed by atoms with Crippen LogP contribution in [0.4, 0.5) is 5.69 Å². The standard InChI is InChI=1S/C22H20N4O3S2/c23-11-17(21(27)24-12-16-7-3-1-4-8-16)13-25-22-26(18-9-5-2-6-10-18)19-14-31(28,29)15-20(19)30-22/h1-10,13,19-20H,12,14-15H2,(H,24,27)/b17-13+,25-22?. The van der Waals surface area contributed by atoms with Crippen LogP contribution in [0.25, 0.3) is 0 Å². The van der Waals surface area contributed by atoms with Crippen molar-refractivity contribution in [2.75, 3.05) is 16.4 Å². The summed E-state index contributed by atoms with van der Waals surface area (Å²) in [5.74, 6) is -0.352. The topological polar surface area (TPSA) is 103 Å². The van der Waals surface area contributed by atoms with E-state index >= 15 is 0 Å². The molecule has 31 heavy (non-hydrogen) atoms. The van der Waals surface area contributed by atoms with Crippen LogP contribution in [0.3, 0.4) is 0 Å². The molecule has 2 aromatic rings. The highest BCUT2D eigenvalue weighted by molar-refractivity contribution is 8.16. The fourth-order valence-corrected chi connectivity index (χ4v) is 7.49. The van der Waals surface area contributed by atoms with E-state index in [9.17, 15) is 18.5 Å². The number of para-hydroxylation sites is 1. The zero-order valence-electron chi connectivity index (χ0n) is 16.5. The van der Waals surface area contributed by atoms with E-state index in [0.29, 0.717) is 11.7 Å². The first-order chi connectivity index (χ1) is 15.0. The van der Waals surface area contributed by atoms with Crippen LogP contribution in [-0.4, -0.2) is 42.3 Å². The maximum Gasteiger partial charge on any atom is 0.263 e. The Kier molecular flexibility index (Phi) is 6.11. The Labute approximate surface area is 185 Å². The van der Waals surface area contributed by atoms with Gasteiger partial charge in [0.25, 0.3) is 5.91 Å². The van der Waals surface area contributed by atoms with Crippen LogP contribution in [0.15, 0.2) is 77.4 Å². The molecule has 2 aliphatic heterocycles. The lowest BCUT2D eigenvalue weighted by atomic mass is 10.2. The van der Waals surface area contributed by atoms with E-state index in [1.165, 1.54) is 18.0 Å². The summed E-state index contributed by atoms with van der Waals surface area (Å²) in [4.78, 5) is 18.7. The molecule has 7 nitrogen and oxygen atoms in total. The van der Waals surface area contributed by atoms with Gasteiger partial charge in [-0.25, -0.2) is 13.4 Å². The van der Waals surface area contributed by atoms with Crippen LogP contribution in [0, 0.1) is 11.3 Å². The SMILES string of the molecule is N#C/C(=C\N=C1SC2CS(=O)(=O)CC2N1c1ccccc1)C(=O)NCc1ccccc1. The minimum absolute atomic E-state index is 0.0605. The Morgan fingerprint density at radius 3 is 2.52 bits per heavy atom. The molecule has 0 saturated carbocycles. The average molecular weight is 453 g/mol. The molecule has 2 saturated heterocycles. The monoisotopic (exact) mass is 452 g/mol. The number of anilines is 1. The normalized spacial score (nSPS) is 23.4. The van der Waals surface area contributed by atoms with Gasteiger partial charge in [0.2, 0.25) is 0 Å². The van der Waals surface area contributed by atoms with Crippen molar-refractivity contribution in [3.63, 3.8) is 0 Å². The summed E-state index contributed by atoms with van der Waals surface area (Å²) >= 11 is 1.37. The van der Waals surface area contributed by atoms with Gasteiger partial charge in [0.15, 0.2) is 15.0 Å². The van der Waals surface area contributed by atoms with Crippen LogP contribution < -0.4 is 10.2 Å². The Balaban J connectivity index is 1.56. The second-order valence-electron chi connectivity index (χ2n) is 7.24. The number of thioether (sulfide) groups is 1. The molecule has 158 valence electrons. The van der Waals surface area contributed by atoms with E-state index < -0.39 is 15.7 Å². The Bertz CT molecular complexity index is 1170. The molecule has 0 spiro atoms. The van der Waals surface area contributed by atoms with Gasteiger partial charge in [-0.2, -0.15) is 5.26 Å². The molecule has 0 aromatic heterocycles. The molecule has 2 atom stereocenters. The van der Waals surface area contributed by atoms with Crippen molar-refractivity contribution >= 4 is 38.4 Å². The number of rotatable bonds is 5. The molecule has 0 aliphatic carbocycles. The van der Waals surface area contributed by atoms with Crippen LogP contribution in [0.5, 0.6) is 0 Å². The van der Waals surface area contributed by atoms with Gasteiger partial charge in [0, 0.05) is 17.5 Å². The van der Waals surface area contributed by atoms with Crippen molar-refractivity contribution in [1.29, 1.82) is 5.26 Å². The number of benzene rings is 2. The molecular weight excluding hydrogens is 432 g/mol. The number of carbonyl (C=O) groups excluding carboxylic acids is 1. The molecular formula is C22H20N4O3S2. The lowest BCUT2D eigenvalue weighted by Gasteiger charge is -2.24. The zero-order chi connectivity index (χ0) is 21.8. The van der Waals surface area contributed by atoms with Crippen molar-refractivity contribution in [1.82, 2.24) is 5.32 Å². The van der Waals surface area contributed by atoms with E-state index in [0.717, 1.165) is 11.3 Å². The molecule has 4 rings (SSSR count). The van der Waals surface area contributed by atoms with E-state index in [1.54, 1.807) is 0 Å². The number of amides is 1. The molecule has 9 heteroatoms. The smallest absolute Gasteiger partial charge is 0.263 e. The number of hydrogen-bond acceptors (Lipinski definition) is 6. The third kappa shape index (κ3) is 4.81. The van der Waals surface area contributed by atoms with Gasteiger partial charge in [0.05, 0.1) is 23.7 Å². The predicted molar refractivity (Wildman–Crippen MR) is 122 cm³/mol. The number of nitrogens with zero attached hydrogens (tertiary/aromatic N) is 3. The maximum atomic E-state index is 12.4. The molecule has 2 heterocycles. The third-order valence-corrected chi connectivity index (χ3v) is 8.29. The van der Waals surface area contributed by atoms with Crippen LogP contribution >= 0.6 is 11.8 Å². The van der Waals surface area contributed by atoms with Crippen molar-refractivity contribution < 1.29 is 13.2 Å². The van der Waals surface area contributed by atoms with Crippen molar-refractivity contribution in [2.45, 2.75) is 17.8 Å². The molecule has 2 unspecified atom stereocenters. The van der Waals surface area contributed by atoms with Gasteiger partial charge in [-0.3, -0.25) is 4.79 Å². The lowest BCUT2D eigenvalue weighted by Crippen LogP contribution is -2.37. The van der Waals surface area contributed by atoms with E-state index in [4.69, 9.17) is 0 Å². The van der Waals surface area contributed by atoms with Gasteiger partial charge in [-0.05, 0) is 17.7 Å². The molecule has 2 aromatic carbocycles. The molecule has 0 bridgehead atoms. The summed E-state index contributed by atoms with van der Waals surface area (Å²) in [6, 6.07) is 20.5. The van der Waals surface area contributed by atoms with Crippen LogP contribution in [-0.2, 0) is 21.2 Å². The molecule has 2 fully saturated rings. The van der Waals surface area contributed by atoms with Crippen molar-refractivity contribution in [3.05, 3.63) is 78.0 Å². The Hall–Kier alpha value is -3.09. The first-order valence-corrected chi connectivity index (χ1v) is 12.4. The summed E-state index contributed by atoms with van der Waals surface area (Å²) < 4.78 is 24.3. The Morgan fingerprint density at radius 2 is 1.84 bits per heavy atom. The fourth-order valence-electron chi connectivity index (χ4n) is 3.60. The summed E-state index contributed by atoms with van der Waals surface area (Å²) in [5, 5.41) is 12.6. The number of nitriles is 1. The second kappa shape index (κ2) is 8.96. The van der Waals surface area contributed by atoms with E-state index in [1.807, 2.05) is 71.6 Å². The van der Waals surface area contributed by atoms with Gasteiger partial charge < -0.3 is 10.2 Å². The minimum Gasteiger partial charge on any atom is -0.347 e. The Morgan fingerprint density at radius 1 is 1.16 bits per heavy atom. The number of sulfone groups is 1. The number of hydrogen-bond donors (Lipinski definition) is 1. The highest BCUT2D eigenvalue weighted by Crippen LogP contribution is 2.40. The van der Waals surface area contributed by atoms with Crippen LogP contribution in [0.2, 0.25) is 0 Å². The quantitative estimate of drug-likeness (QED) is 0.552. The number of aliphatic imine (C=N–C) groups is 1. The zero-order valence-corrected chi connectivity index (χ0v) is 18.1. The summed E-state index contributed by atoms with van der Waals surface area (Å²) in [7, 11) is -3.10. The average Bonchev–Trinajstić information content (AvgIpc) is 3.25. The number of amidine groups is 1. The highest BCUT2D eigenvalue weighted by atomic mass is 32.2. The molecule has 2 aliphatic rings. The molecule has 0 radical (unpaired) electrons. The number of nitrogens with one attached hydrogen (secondary N) is 1. The van der Waals surface area contributed by atoms with E-state index in [-0.39, 0.29) is 28.4 Å². The first kappa shape index (κ1) is 21.2. The molecule has 1 amide bonds. The first-order valence-electron chi connectivity index (χ1n) is 9.68. The highest BCUT2D eigenvalue weighted by Gasteiger charge is 2.49. The van der Waals surface area contributed by atoms with Crippen molar-refractivity contribution in [2.24, 2.45) is 4.99 Å². The third-order valence-electron chi connectivity index (χ3n) is 5.07. The molecule has 1 N–H and O–H groups in total. The van der Waals surface area contributed by atoms with Gasteiger partial charge >= 0.3 is 0 Å². The van der Waals surface area contributed by atoms with Gasteiger partial charge in [0.1, 0.15) is 11.6 Å². The predicted octanol–water partition coefficient (Wildman–Crippen LogP) is 2.49. The fraction of sp³-hybridized carbons (Fsp3) is 0.227. The number of fused-ring (bicyclic) bond motifs is 1. The summed E-state index contributed by atoms with van der Waals surface area (Å²) in [6.45, 7) is 0.308. The summed E-state index contributed by atoms with van der Waals surface area (Å²) in [6.07, 6.45) is 1.26. The lowest BCUT2D eigenvalue weighted by molar-refractivity contribution is -0.117. The second-order valence-corrected chi connectivity index (χ2v) is 10.6. The largest absolute Gasteiger partial charge is 0.347 e. The van der Waals surface area contributed by atoms with Crippen LogP contribution in [0.1, 0.15) is 5.56 Å². The van der Waals surface area contributed by atoms with E-state index in [2.05, 4.69) is 10.3 Å². The van der Waals surface area contributed by atoms with Crippen molar-refractivity contribution in [3.8, 4) is 6.07 Å². The number of carbonyl (C=O) groups is 1. The minimum atomic E-state index is -3.10. The van der Waals surface area contributed by atoms with Gasteiger partial charge in [-0.1, -0.05) is 60.3 Å².